The molecule has 0 fully saturated rings. The van der Waals surface area contributed by atoms with Crippen LogP contribution in [0.4, 0.5) is 10.5 Å². The minimum absolute atomic E-state index is 0.0694. The monoisotopic (exact) mass is 323 g/mol. The van der Waals surface area contributed by atoms with Crippen molar-refractivity contribution in [3.05, 3.63) is 65.7 Å². The van der Waals surface area contributed by atoms with Crippen LogP contribution in [0.25, 0.3) is 0 Å². The molecule has 0 spiro atoms. The Morgan fingerprint density at radius 1 is 1.12 bits per heavy atom. The van der Waals surface area contributed by atoms with Crippen molar-refractivity contribution < 1.29 is 9.90 Å². The molecule has 0 heterocycles. The van der Waals surface area contributed by atoms with Crippen LogP contribution in [0.3, 0.4) is 0 Å². The number of benzene rings is 2. The fraction of sp³-hybridized carbons (Fsp3) is 0.263. The minimum Gasteiger partial charge on any atom is -0.396 e. The predicted molar refractivity (Wildman–Crippen MR) is 93.7 cm³/mol. The fourth-order valence-electron chi connectivity index (χ4n) is 2.46. The van der Waals surface area contributed by atoms with Crippen LogP contribution in [0.2, 0.25) is 0 Å². The maximum atomic E-state index is 12.0. The van der Waals surface area contributed by atoms with Crippen LogP contribution in [-0.4, -0.2) is 24.3 Å². The summed E-state index contributed by atoms with van der Waals surface area (Å²) in [5, 5.41) is 23.5. The molecule has 0 aliphatic rings. The third-order valence-electron chi connectivity index (χ3n) is 3.75. The lowest BCUT2D eigenvalue weighted by atomic mass is 9.96. The predicted octanol–water partition coefficient (Wildman–Crippen LogP) is 3.04. The van der Waals surface area contributed by atoms with Crippen molar-refractivity contribution in [3.8, 4) is 6.07 Å². The van der Waals surface area contributed by atoms with E-state index in [1.54, 1.807) is 12.1 Å². The van der Waals surface area contributed by atoms with Crippen LogP contribution in [0.15, 0.2) is 54.6 Å². The van der Waals surface area contributed by atoms with Crippen molar-refractivity contribution in [2.24, 2.45) is 0 Å². The van der Waals surface area contributed by atoms with E-state index in [-0.39, 0.29) is 18.6 Å². The zero-order valence-corrected chi connectivity index (χ0v) is 13.4. The Morgan fingerprint density at radius 2 is 1.83 bits per heavy atom. The number of nitriles is 1. The number of rotatable bonds is 7. The first-order valence-corrected chi connectivity index (χ1v) is 7.89. The molecule has 124 valence electrons. The SMILES string of the molecule is N#CCc1ccc(NC(=O)NCC(CCO)c2ccccc2)cc1. The highest BCUT2D eigenvalue weighted by molar-refractivity contribution is 5.89. The molecule has 0 aromatic heterocycles. The number of carbonyl (C=O) groups is 1. The summed E-state index contributed by atoms with van der Waals surface area (Å²) in [6, 6.07) is 18.8. The van der Waals surface area contributed by atoms with Crippen LogP contribution in [0.5, 0.6) is 0 Å². The van der Waals surface area contributed by atoms with Gasteiger partial charge >= 0.3 is 6.03 Å². The second kappa shape index (κ2) is 9.33. The Morgan fingerprint density at radius 3 is 2.46 bits per heavy atom. The summed E-state index contributed by atoms with van der Waals surface area (Å²) in [4.78, 5) is 12.0. The minimum atomic E-state index is -0.290. The highest BCUT2D eigenvalue weighted by atomic mass is 16.3. The number of hydrogen-bond donors (Lipinski definition) is 3. The number of amides is 2. The highest BCUT2D eigenvalue weighted by Gasteiger charge is 2.12. The lowest BCUT2D eigenvalue weighted by Crippen LogP contribution is -2.32. The van der Waals surface area contributed by atoms with Gasteiger partial charge in [-0.1, -0.05) is 42.5 Å². The van der Waals surface area contributed by atoms with E-state index in [0.717, 1.165) is 11.1 Å². The van der Waals surface area contributed by atoms with Gasteiger partial charge in [-0.2, -0.15) is 5.26 Å². The van der Waals surface area contributed by atoms with Crippen molar-refractivity contribution in [2.75, 3.05) is 18.5 Å². The van der Waals surface area contributed by atoms with E-state index in [1.165, 1.54) is 0 Å². The van der Waals surface area contributed by atoms with Crippen LogP contribution in [-0.2, 0) is 6.42 Å². The molecule has 2 rings (SSSR count). The van der Waals surface area contributed by atoms with Crippen molar-refractivity contribution in [3.63, 3.8) is 0 Å². The fourth-order valence-corrected chi connectivity index (χ4v) is 2.46. The van der Waals surface area contributed by atoms with E-state index < -0.39 is 0 Å². The van der Waals surface area contributed by atoms with Gasteiger partial charge in [0.15, 0.2) is 0 Å². The second-order valence-electron chi connectivity index (χ2n) is 5.49. The topological polar surface area (TPSA) is 85.2 Å². The molecule has 2 amide bonds. The van der Waals surface area contributed by atoms with Crippen LogP contribution in [0, 0.1) is 11.3 Å². The quantitative estimate of drug-likeness (QED) is 0.732. The Hall–Kier alpha value is -2.84. The number of aliphatic hydroxyl groups excluding tert-OH is 1. The molecule has 0 saturated heterocycles. The van der Waals surface area contributed by atoms with E-state index in [0.29, 0.717) is 25.1 Å². The first-order chi connectivity index (χ1) is 11.7. The molecular formula is C19H21N3O2. The van der Waals surface area contributed by atoms with Crippen molar-refractivity contribution in [1.29, 1.82) is 5.26 Å². The summed E-state index contributed by atoms with van der Waals surface area (Å²) in [5.41, 5.74) is 2.68. The third-order valence-corrected chi connectivity index (χ3v) is 3.75. The van der Waals surface area contributed by atoms with E-state index >= 15 is 0 Å². The Balaban J connectivity index is 1.88. The van der Waals surface area contributed by atoms with Gasteiger partial charge in [-0.25, -0.2) is 4.79 Å². The zero-order valence-electron chi connectivity index (χ0n) is 13.4. The van der Waals surface area contributed by atoms with Crippen molar-refractivity contribution in [1.82, 2.24) is 5.32 Å². The van der Waals surface area contributed by atoms with Gasteiger partial charge in [-0.05, 0) is 29.7 Å². The van der Waals surface area contributed by atoms with Crippen LogP contribution >= 0.6 is 0 Å². The van der Waals surface area contributed by atoms with Crippen molar-refractivity contribution >= 4 is 11.7 Å². The summed E-state index contributed by atoms with van der Waals surface area (Å²) >= 11 is 0. The largest absolute Gasteiger partial charge is 0.396 e. The van der Waals surface area contributed by atoms with Gasteiger partial charge in [0.1, 0.15) is 0 Å². The average molecular weight is 323 g/mol. The van der Waals surface area contributed by atoms with E-state index in [9.17, 15) is 9.90 Å². The molecule has 2 aromatic rings. The number of aliphatic hydroxyl groups is 1. The molecule has 1 unspecified atom stereocenters. The molecule has 0 bridgehead atoms. The first kappa shape index (κ1) is 17.5. The van der Waals surface area contributed by atoms with Gasteiger partial charge < -0.3 is 15.7 Å². The Kier molecular flexibility index (Phi) is 6.81. The molecule has 0 aliphatic heterocycles. The third kappa shape index (κ3) is 5.41. The molecule has 0 radical (unpaired) electrons. The molecule has 3 N–H and O–H groups in total. The zero-order chi connectivity index (χ0) is 17.2. The van der Waals surface area contributed by atoms with E-state index in [2.05, 4.69) is 16.7 Å². The van der Waals surface area contributed by atoms with Gasteiger partial charge in [0.2, 0.25) is 0 Å². The van der Waals surface area contributed by atoms with Crippen LogP contribution in [0.1, 0.15) is 23.5 Å². The Bertz CT molecular complexity index is 678. The molecule has 2 aromatic carbocycles. The van der Waals surface area contributed by atoms with Crippen LogP contribution < -0.4 is 10.6 Å². The lowest BCUT2D eigenvalue weighted by molar-refractivity contribution is 0.248. The highest BCUT2D eigenvalue weighted by Crippen LogP contribution is 2.18. The molecule has 1 atom stereocenters. The average Bonchev–Trinajstić information content (AvgIpc) is 2.61. The van der Waals surface area contributed by atoms with E-state index in [4.69, 9.17) is 5.26 Å². The summed E-state index contributed by atoms with van der Waals surface area (Å²) in [6.45, 7) is 0.520. The number of carbonyl (C=O) groups excluding carboxylic acids is 1. The summed E-state index contributed by atoms with van der Waals surface area (Å²) in [7, 11) is 0. The van der Waals surface area contributed by atoms with E-state index in [1.807, 2.05) is 42.5 Å². The number of anilines is 1. The van der Waals surface area contributed by atoms with Gasteiger partial charge in [0.05, 0.1) is 12.5 Å². The lowest BCUT2D eigenvalue weighted by Gasteiger charge is -2.17. The Labute approximate surface area is 141 Å². The molecule has 5 nitrogen and oxygen atoms in total. The normalized spacial score (nSPS) is 11.3. The maximum absolute atomic E-state index is 12.0. The summed E-state index contributed by atoms with van der Waals surface area (Å²) < 4.78 is 0. The standard InChI is InChI=1S/C19H21N3O2/c20-12-10-15-6-8-18(9-7-15)22-19(24)21-14-17(11-13-23)16-4-2-1-3-5-16/h1-9,17,23H,10-11,13-14H2,(H2,21,22,24). The molecule has 0 saturated carbocycles. The molecule has 0 aliphatic carbocycles. The van der Waals surface area contributed by atoms with Gasteiger partial charge in [-0.15, -0.1) is 0 Å². The summed E-state index contributed by atoms with van der Waals surface area (Å²) in [5.74, 6) is 0.0694. The number of nitrogens with zero attached hydrogens (tertiary/aromatic N) is 1. The van der Waals surface area contributed by atoms with Gasteiger partial charge in [0, 0.05) is 24.8 Å². The van der Waals surface area contributed by atoms with Crippen molar-refractivity contribution in [2.45, 2.75) is 18.8 Å². The molecular weight excluding hydrogens is 302 g/mol. The number of nitrogens with one attached hydrogen (secondary N) is 2. The maximum Gasteiger partial charge on any atom is 0.319 e. The van der Waals surface area contributed by atoms with Gasteiger partial charge in [-0.3, -0.25) is 0 Å². The summed E-state index contributed by atoms with van der Waals surface area (Å²) in [6.07, 6.45) is 0.944. The number of hydrogen-bond acceptors (Lipinski definition) is 3. The second-order valence-corrected chi connectivity index (χ2v) is 5.49. The molecule has 24 heavy (non-hydrogen) atoms. The smallest absolute Gasteiger partial charge is 0.319 e. The van der Waals surface area contributed by atoms with Gasteiger partial charge in [0.25, 0.3) is 0 Å². The first-order valence-electron chi connectivity index (χ1n) is 7.89. The number of urea groups is 1. The molecule has 5 heteroatoms.